The number of carbonyl (C=O) groups excluding carboxylic acids is 1. The molecule has 0 radical (unpaired) electrons. The third-order valence-electron chi connectivity index (χ3n) is 5.23. The summed E-state index contributed by atoms with van der Waals surface area (Å²) in [5.41, 5.74) is -3.66. The normalized spacial score (nSPS) is 14.6. The molecule has 0 aromatic carbocycles. The van der Waals surface area contributed by atoms with E-state index in [1.54, 1.807) is 4.90 Å². The van der Waals surface area contributed by atoms with Crippen LogP contribution in [0, 0.1) is 0 Å². The lowest BCUT2D eigenvalue weighted by molar-refractivity contribution is -0.139. The zero-order valence-electron chi connectivity index (χ0n) is 18.1. The molecule has 0 unspecified atom stereocenters. The molecular weight excluding hydrogens is 498 g/mol. The fourth-order valence-electron chi connectivity index (χ4n) is 3.36. The van der Waals surface area contributed by atoms with Crippen LogP contribution in [-0.4, -0.2) is 57.1 Å². The van der Waals surface area contributed by atoms with E-state index in [0.717, 1.165) is 6.20 Å². The number of aromatic amines is 1. The molecule has 1 saturated heterocycles. The number of piperazine rings is 1. The Labute approximate surface area is 198 Å². The van der Waals surface area contributed by atoms with Gasteiger partial charge in [-0.15, -0.1) is 0 Å². The minimum absolute atomic E-state index is 0.0123. The van der Waals surface area contributed by atoms with Gasteiger partial charge in [-0.05, 0) is 12.1 Å². The molecule has 0 saturated carbocycles. The summed E-state index contributed by atoms with van der Waals surface area (Å²) in [5, 5.41) is 0. The zero-order chi connectivity index (χ0) is 26.1. The highest BCUT2D eigenvalue weighted by atomic mass is 19.4. The highest BCUT2D eigenvalue weighted by Crippen LogP contribution is 2.30. The zero-order valence-corrected chi connectivity index (χ0v) is 18.1. The van der Waals surface area contributed by atoms with Gasteiger partial charge in [0.15, 0.2) is 0 Å². The average Bonchev–Trinajstić information content (AvgIpc) is 2.83. The van der Waals surface area contributed by atoms with Gasteiger partial charge in [-0.1, -0.05) is 0 Å². The molecule has 1 fully saturated rings. The van der Waals surface area contributed by atoms with Crippen molar-refractivity contribution in [3.63, 3.8) is 0 Å². The summed E-state index contributed by atoms with van der Waals surface area (Å²) in [4.78, 5) is 40.4. The SMILES string of the molecule is O=C(Oc1ccnc(-c2c[nH]c(=O)c(C(F)(F)F)c2)c1)N1CCN(c2ncc(C(F)(F)F)cn2)CC1. The van der Waals surface area contributed by atoms with Crippen LogP contribution < -0.4 is 15.2 Å². The van der Waals surface area contributed by atoms with Crippen LogP contribution in [0.15, 0.2) is 47.8 Å². The lowest BCUT2D eigenvalue weighted by Gasteiger charge is -2.34. The van der Waals surface area contributed by atoms with Crippen molar-refractivity contribution in [2.45, 2.75) is 12.4 Å². The number of amides is 1. The fourth-order valence-corrected chi connectivity index (χ4v) is 3.36. The van der Waals surface area contributed by atoms with Gasteiger partial charge in [-0.2, -0.15) is 26.3 Å². The minimum atomic E-state index is -4.86. The average molecular weight is 514 g/mol. The van der Waals surface area contributed by atoms with Gasteiger partial charge < -0.3 is 19.5 Å². The van der Waals surface area contributed by atoms with E-state index in [4.69, 9.17) is 4.74 Å². The molecule has 3 aromatic rings. The van der Waals surface area contributed by atoms with E-state index in [1.807, 2.05) is 4.98 Å². The number of aromatic nitrogens is 4. The number of hydrogen-bond donors (Lipinski definition) is 1. The number of carbonyl (C=O) groups is 1. The van der Waals surface area contributed by atoms with Crippen LogP contribution in [-0.2, 0) is 12.4 Å². The van der Waals surface area contributed by atoms with E-state index in [9.17, 15) is 35.9 Å². The van der Waals surface area contributed by atoms with E-state index in [-0.39, 0.29) is 49.1 Å². The van der Waals surface area contributed by atoms with E-state index in [0.29, 0.717) is 18.5 Å². The monoisotopic (exact) mass is 514 g/mol. The maximum atomic E-state index is 13.0. The van der Waals surface area contributed by atoms with Crippen molar-refractivity contribution in [1.29, 1.82) is 0 Å². The lowest BCUT2D eigenvalue weighted by atomic mass is 10.1. The van der Waals surface area contributed by atoms with Gasteiger partial charge in [0.25, 0.3) is 5.56 Å². The number of anilines is 1. The van der Waals surface area contributed by atoms with Gasteiger partial charge >= 0.3 is 18.4 Å². The summed E-state index contributed by atoms with van der Waals surface area (Å²) < 4.78 is 82.4. The number of ether oxygens (including phenoxy) is 1. The lowest BCUT2D eigenvalue weighted by Crippen LogP contribution is -2.50. The molecule has 0 spiro atoms. The Bertz CT molecular complexity index is 1300. The van der Waals surface area contributed by atoms with E-state index >= 15 is 0 Å². The Balaban J connectivity index is 1.39. The number of H-pyrrole nitrogens is 1. The number of rotatable bonds is 3. The van der Waals surface area contributed by atoms with Crippen molar-refractivity contribution in [3.8, 4) is 17.0 Å². The van der Waals surface area contributed by atoms with Gasteiger partial charge in [-0.3, -0.25) is 9.78 Å². The minimum Gasteiger partial charge on any atom is -0.410 e. The van der Waals surface area contributed by atoms with Crippen LogP contribution >= 0.6 is 0 Å². The van der Waals surface area contributed by atoms with Crippen molar-refractivity contribution in [1.82, 2.24) is 24.8 Å². The second kappa shape index (κ2) is 9.47. The van der Waals surface area contributed by atoms with Crippen LogP contribution in [0.2, 0.25) is 0 Å². The molecule has 0 aliphatic carbocycles. The van der Waals surface area contributed by atoms with Crippen LogP contribution in [0.3, 0.4) is 0 Å². The van der Waals surface area contributed by atoms with Crippen LogP contribution in [0.4, 0.5) is 37.1 Å². The Morgan fingerprint density at radius 1 is 0.944 bits per heavy atom. The molecule has 0 bridgehead atoms. The van der Waals surface area contributed by atoms with Crippen molar-refractivity contribution in [2.24, 2.45) is 0 Å². The standard InChI is InChI=1S/C21H16F6N6O3/c22-20(23,24)13-10-30-18(31-11-13)32-3-5-33(6-4-32)19(35)36-14-1-2-28-16(8-14)12-7-15(21(25,26)27)17(34)29-9-12/h1-2,7-11H,3-6H2,(H,29,34). The van der Waals surface area contributed by atoms with Crippen molar-refractivity contribution < 1.29 is 35.9 Å². The summed E-state index contributed by atoms with van der Waals surface area (Å²) >= 11 is 0. The van der Waals surface area contributed by atoms with Crippen molar-refractivity contribution >= 4 is 12.0 Å². The highest BCUT2D eigenvalue weighted by molar-refractivity contribution is 5.72. The first-order valence-corrected chi connectivity index (χ1v) is 10.3. The largest absolute Gasteiger partial charge is 0.421 e. The van der Waals surface area contributed by atoms with E-state index < -0.39 is 35.1 Å². The molecule has 1 N–H and O–H groups in total. The molecule has 9 nitrogen and oxygen atoms in total. The molecule has 4 heterocycles. The van der Waals surface area contributed by atoms with Gasteiger partial charge in [0.2, 0.25) is 5.95 Å². The molecular formula is C21H16F6N6O3. The van der Waals surface area contributed by atoms with Crippen LogP contribution in [0.5, 0.6) is 5.75 Å². The first-order valence-electron chi connectivity index (χ1n) is 10.3. The number of nitrogens with zero attached hydrogens (tertiary/aromatic N) is 5. The van der Waals surface area contributed by atoms with Crippen LogP contribution in [0.1, 0.15) is 11.1 Å². The van der Waals surface area contributed by atoms with Gasteiger partial charge in [-0.25, -0.2) is 14.8 Å². The molecule has 1 amide bonds. The summed E-state index contributed by atoms with van der Waals surface area (Å²) in [6, 6.07) is 3.23. The number of pyridine rings is 2. The Morgan fingerprint density at radius 2 is 1.61 bits per heavy atom. The van der Waals surface area contributed by atoms with E-state index in [1.165, 1.54) is 23.2 Å². The van der Waals surface area contributed by atoms with Crippen LogP contribution in [0.25, 0.3) is 11.3 Å². The Kier molecular flexibility index (Phi) is 6.56. The smallest absolute Gasteiger partial charge is 0.410 e. The van der Waals surface area contributed by atoms with Gasteiger partial charge in [0.1, 0.15) is 11.3 Å². The summed E-state index contributed by atoms with van der Waals surface area (Å²) in [7, 11) is 0. The molecule has 1 aliphatic heterocycles. The first-order chi connectivity index (χ1) is 16.9. The molecule has 15 heteroatoms. The maximum absolute atomic E-state index is 13.0. The van der Waals surface area contributed by atoms with E-state index in [2.05, 4.69) is 15.0 Å². The molecule has 0 atom stereocenters. The second-order valence-corrected chi connectivity index (χ2v) is 7.62. The molecule has 3 aromatic heterocycles. The topological polar surface area (TPSA) is 104 Å². The highest BCUT2D eigenvalue weighted by Gasteiger charge is 2.34. The molecule has 4 rings (SSSR count). The second-order valence-electron chi connectivity index (χ2n) is 7.62. The predicted octanol–water partition coefficient (Wildman–Crippen LogP) is 3.59. The van der Waals surface area contributed by atoms with Crippen molar-refractivity contribution in [2.75, 3.05) is 31.1 Å². The Hall–Kier alpha value is -4.17. The number of halogens is 6. The summed E-state index contributed by atoms with van der Waals surface area (Å²) in [6.07, 6.45) is -6.48. The summed E-state index contributed by atoms with van der Waals surface area (Å²) in [5.74, 6) is 0.104. The van der Waals surface area contributed by atoms with Gasteiger partial charge in [0.05, 0.1) is 11.3 Å². The first kappa shape index (κ1) is 24.9. The molecule has 36 heavy (non-hydrogen) atoms. The molecule has 1 aliphatic rings. The predicted molar refractivity (Wildman–Crippen MR) is 112 cm³/mol. The van der Waals surface area contributed by atoms with Crippen molar-refractivity contribution in [3.05, 3.63) is 64.5 Å². The third-order valence-corrected chi connectivity index (χ3v) is 5.23. The third kappa shape index (κ3) is 5.55. The van der Waals surface area contributed by atoms with Gasteiger partial charge in [0, 0.05) is 62.6 Å². The quantitative estimate of drug-likeness (QED) is 0.533. The number of nitrogens with one attached hydrogen (secondary N) is 1. The maximum Gasteiger partial charge on any atom is 0.421 e. The number of hydrogen-bond acceptors (Lipinski definition) is 7. The fraction of sp³-hybridized carbons (Fsp3) is 0.286. The molecule has 190 valence electrons. The Morgan fingerprint density at radius 3 is 2.22 bits per heavy atom. The number of alkyl halides is 6. The summed E-state index contributed by atoms with van der Waals surface area (Å²) in [6.45, 7) is 0.797.